The van der Waals surface area contributed by atoms with Crippen LogP contribution in [0, 0.1) is 0 Å². The number of phenols is 1. The average molecular weight is 491 g/mol. The summed E-state index contributed by atoms with van der Waals surface area (Å²) in [5.41, 5.74) is 9.41. The quantitative estimate of drug-likeness (QED) is 0.268. The van der Waals surface area contributed by atoms with E-state index in [4.69, 9.17) is 14.4 Å². The standard InChI is InChI=1S/C34H22N2O2/c37-30-16-5-4-14-28(30)34-36-33-27(15-7-17-31(33)38-34)23-11-6-12-24(19-23)29-21-26(22-9-2-1-3-10-22)20-25-13-8-18-35-32(25)29/h1-21,37H. The van der Waals surface area contributed by atoms with Crippen molar-refractivity contribution in [3.8, 4) is 50.6 Å². The van der Waals surface area contributed by atoms with Crippen LogP contribution in [0.4, 0.5) is 0 Å². The first kappa shape index (κ1) is 22.0. The molecule has 1 N–H and O–H groups in total. The molecular formula is C34H22N2O2. The van der Waals surface area contributed by atoms with Gasteiger partial charge in [-0.15, -0.1) is 0 Å². The van der Waals surface area contributed by atoms with Crippen LogP contribution in [0.15, 0.2) is 132 Å². The van der Waals surface area contributed by atoms with Gasteiger partial charge in [0.25, 0.3) is 0 Å². The smallest absolute Gasteiger partial charge is 0.231 e. The van der Waals surface area contributed by atoms with Gasteiger partial charge in [0.05, 0.1) is 11.1 Å². The van der Waals surface area contributed by atoms with E-state index in [-0.39, 0.29) is 5.75 Å². The molecule has 7 aromatic rings. The number of oxazole rings is 1. The third-order valence-corrected chi connectivity index (χ3v) is 6.85. The van der Waals surface area contributed by atoms with Crippen LogP contribution in [0.25, 0.3) is 66.8 Å². The van der Waals surface area contributed by atoms with E-state index in [1.807, 2.05) is 36.5 Å². The number of phenolic OH excluding ortho intramolecular Hbond substituents is 1. The molecule has 0 radical (unpaired) electrons. The number of para-hydroxylation sites is 2. The van der Waals surface area contributed by atoms with Crippen molar-refractivity contribution in [2.24, 2.45) is 0 Å². The molecule has 180 valence electrons. The number of aromatic hydroxyl groups is 1. The molecule has 0 atom stereocenters. The maximum absolute atomic E-state index is 10.3. The summed E-state index contributed by atoms with van der Waals surface area (Å²) in [6, 6.07) is 40.4. The van der Waals surface area contributed by atoms with Gasteiger partial charge in [0, 0.05) is 22.7 Å². The van der Waals surface area contributed by atoms with E-state index in [9.17, 15) is 5.11 Å². The highest BCUT2D eigenvalue weighted by Gasteiger charge is 2.16. The van der Waals surface area contributed by atoms with Crippen molar-refractivity contribution in [3.63, 3.8) is 0 Å². The van der Waals surface area contributed by atoms with Crippen molar-refractivity contribution < 1.29 is 9.52 Å². The molecular weight excluding hydrogens is 468 g/mol. The van der Waals surface area contributed by atoms with E-state index in [1.165, 1.54) is 5.56 Å². The van der Waals surface area contributed by atoms with Crippen LogP contribution in [-0.4, -0.2) is 15.1 Å². The van der Waals surface area contributed by atoms with Gasteiger partial charge in [0.2, 0.25) is 5.89 Å². The third kappa shape index (κ3) is 3.80. The number of hydrogen-bond acceptors (Lipinski definition) is 4. The summed E-state index contributed by atoms with van der Waals surface area (Å²) >= 11 is 0. The Hall–Kier alpha value is -5.22. The minimum atomic E-state index is 0.139. The fourth-order valence-electron chi connectivity index (χ4n) is 5.02. The highest BCUT2D eigenvalue weighted by Crippen LogP contribution is 2.38. The fourth-order valence-corrected chi connectivity index (χ4v) is 5.02. The van der Waals surface area contributed by atoms with Crippen molar-refractivity contribution in [2.75, 3.05) is 0 Å². The highest BCUT2D eigenvalue weighted by molar-refractivity contribution is 5.99. The van der Waals surface area contributed by atoms with Crippen molar-refractivity contribution >= 4 is 22.0 Å². The highest BCUT2D eigenvalue weighted by atomic mass is 16.3. The molecule has 2 aromatic heterocycles. The van der Waals surface area contributed by atoms with Gasteiger partial charge in [0.15, 0.2) is 5.58 Å². The van der Waals surface area contributed by atoms with E-state index in [2.05, 4.69) is 72.8 Å². The molecule has 0 aliphatic carbocycles. The van der Waals surface area contributed by atoms with Crippen molar-refractivity contribution in [1.82, 2.24) is 9.97 Å². The number of fused-ring (bicyclic) bond motifs is 2. The lowest BCUT2D eigenvalue weighted by molar-refractivity contribution is 0.474. The van der Waals surface area contributed by atoms with Crippen LogP contribution in [0.1, 0.15) is 0 Å². The topological polar surface area (TPSA) is 59.2 Å². The Morgan fingerprint density at radius 1 is 0.526 bits per heavy atom. The van der Waals surface area contributed by atoms with Gasteiger partial charge in [-0.25, -0.2) is 4.98 Å². The van der Waals surface area contributed by atoms with E-state index < -0.39 is 0 Å². The lowest BCUT2D eigenvalue weighted by Crippen LogP contribution is -1.89. The Morgan fingerprint density at radius 2 is 1.26 bits per heavy atom. The summed E-state index contributed by atoms with van der Waals surface area (Å²) in [4.78, 5) is 9.53. The SMILES string of the molecule is Oc1ccccc1-c1nc2c(-c3cccc(-c4cc(-c5ccccc5)cc5cccnc45)c3)cccc2o1. The molecule has 0 aliphatic heterocycles. The minimum absolute atomic E-state index is 0.139. The molecule has 4 nitrogen and oxygen atoms in total. The zero-order chi connectivity index (χ0) is 25.5. The molecule has 0 fully saturated rings. The molecule has 0 bridgehead atoms. The molecule has 2 heterocycles. The number of benzene rings is 5. The summed E-state index contributed by atoms with van der Waals surface area (Å²) in [5.74, 6) is 0.535. The largest absolute Gasteiger partial charge is 0.507 e. The summed E-state index contributed by atoms with van der Waals surface area (Å²) in [6.07, 6.45) is 1.84. The predicted octanol–water partition coefficient (Wildman–Crippen LogP) is 8.75. The van der Waals surface area contributed by atoms with Crippen molar-refractivity contribution in [3.05, 3.63) is 128 Å². The molecule has 38 heavy (non-hydrogen) atoms. The second-order valence-electron chi connectivity index (χ2n) is 9.23. The molecule has 0 saturated carbocycles. The molecule has 0 aliphatic rings. The number of aromatic nitrogens is 2. The van der Waals surface area contributed by atoms with Crippen LogP contribution in [-0.2, 0) is 0 Å². The fraction of sp³-hybridized carbons (Fsp3) is 0. The number of nitrogens with zero attached hydrogens (tertiary/aromatic N) is 2. The molecule has 0 saturated heterocycles. The van der Waals surface area contributed by atoms with Crippen molar-refractivity contribution in [1.29, 1.82) is 0 Å². The van der Waals surface area contributed by atoms with Crippen LogP contribution >= 0.6 is 0 Å². The van der Waals surface area contributed by atoms with E-state index >= 15 is 0 Å². The van der Waals surface area contributed by atoms with Crippen LogP contribution in [0.3, 0.4) is 0 Å². The third-order valence-electron chi connectivity index (χ3n) is 6.85. The maximum Gasteiger partial charge on any atom is 0.231 e. The normalized spacial score (nSPS) is 11.3. The van der Waals surface area contributed by atoms with Gasteiger partial charge in [0.1, 0.15) is 11.3 Å². The Kier molecular flexibility index (Phi) is 5.22. The summed E-state index contributed by atoms with van der Waals surface area (Å²) in [7, 11) is 0. The first-order chi connectivity index (χ1) is 18.7. The summed E-state index contributed by atoms with van der Waals surface area (Å²) < 4.78 is 6.05. The Bertz CT molecular complexity index is 1940. The van der Waals surface area contributed by atoms with E-state index in [0.29, 0.717) is 17.0 Å². The second kappa shape index (κ2) is 9.02. The Labute approximate surface area is 219 Å². The maximum atomic E-state index is 10.3. The number of hydrogen-bond donors (Lipinski definition) is 1. The van der Waals surface area contributed by atoms with Crippen LogP contribution < -0.4 is 0 Å². The predicted molar refractivity (Wildman–Crippen MR) is 153 cm³/mol. The molecule has 0 unspecified atom stereocenters. The lowest BCUT2D eigenvalue weighted by atomic mass is 9.93. The zero-order valence-corrected chi connectivity index (χ0v) is 20.4. The second-order valence-corrected chi connectivity index (χ2v) is 9.23. The van der Waals surface area contributed by atoms with Gasteiger partial charge in [-0.3, -0.25) is 4.98 Å². The molecule has 4 heteroatoms. The van der Waals surface area contributed by atoms with Crippen LogP contribution in [0.5, 0.6) is 5.75 Å². The summed E-state index contributed by atoms with van der Waals surface area (Å²) in [5, 5.41) is 11.4. The van der Waals surface area contributed by atoms with Gasteiger partial charge < -0.3 is 9.52 Å². The minimum Gasteiger partial charge on any atom is -0.507 e. The average Bonchev–Trinajstić information content (AvgIpc) is 3.42. The molecule has 7 rings (SSSR count). The summed E-state index contributed by atoms with van der Waals surface area (Å²) in [6.45, 7) is 0. The number of rotatable bonds is 4. The molecule has 5 aromatic carbocycles. The van der Waals surface area contributed by atoms with E-state index in [1.54, 1.807) is 18.2 Å². The van der Waals surface area contributed by atoms with Crippen molar-refractivity contribution in [2.45, 2.75) is 0 Å². The number of pyridine rings is 1. The lowest BCUT2D eigenvalue weighted by Gasteiger charge is -2.12. The first-order valence-corrected chi connectivity index (χ1v) is 12.5. The van der Waals surface area contributed by atoms with Crippen LogP contribution in [0.2, 0.25) is 0 Å². The van der Waals surface area contributed by atoms with E-state index in [0.717, 1.165) is 44.2 Å². The Morgan fingerprint density at radius 3 is 2.13 bits per heavy atom. The van der Waals surface area contributed by atoms with Gasteiger partial charge >= 0.3 is 0 Å². The monoisotopic (exact) mass is 490 g/mol. The first-order valence-electron chi connectivity index (χ1n) is 12.5. The molecule has 0 amide bonds. The van der Waals surface area contributed by atoms with Gasteiger partial charge in [-0.05, 0) is 64.7 Å². The molecule has 0 spiro atoms. The Balaban J connectivity index is 1.39. The van der Waals surface area contributed by atoms with Gasteiger partial charge in [-0.2, -0.15) is 0 Å². The van der Waals surface area contributed by atoms with Gasteiger partial charge in [-0.1, -0.05) is 78.9 Å². The zero-order valence-electron chi connectivity index (χ0n) is 20.4.